The lowest BCUT2D eigenvalue weighted by Crippen LogP contribution is -2.16. The van der Waals surface area contributed by atoms with E-state index in [1.807, 2.05) is 30.5 Å². The SMILES string of the molecule is CCn1c(=NS(=O)(=O)c2ccc(C)cc2)sc2cc(Cl)ccc21. The van der Waals surface area contributed by atoms with Gasteiger partial charge < -0.3 is 4.57 Å². The fourth-order valence-electron chi connectivity index (χ4n) is 2.29. The highest BCUT2D eigenvalue weighted by atomic mass is 35.5. The van der Waals surface area contributed by atoms with Gasteiger partial charge >= 0.3 is 0 Å². The van der Waals surface area contributed by atoms with E-state index in [2.05, 4.69) is 4.40 Å². The summed E-state index contributed by atoms with van der Waals surface area (Å²) in [5.41, 5.74) is 1.93. The Balaban J connectivity index is 2.22. The van der Waals surface area contributed by atoms with E-state index >= 15 is 0 Å². The molecule has 0 saturated heterocycles. The van der Waals surface area contributed by atoms with E-state index in [1.54, 1.807) is 30.3 Å². The van der Waals surface area contributed by atoms with E-state index < -0.39 is 10.0 Å². The van der Waals surface area contributed by atoms with E-state index in [0.29, 0.717) is 16.4 Å². The third-order valence-corrected chi connectivity index (χ3v) is 6.15. The minimum atomic E-state index is -3.74. The van der Waals surface area contributed by atoms with Crippen LogP contribution in [0.4, 0.5) is 0 Å². The van der Waals surface area contributed by atoms with Crippen molar-refractivity contribution in [3.63, 3.8) is 0 Å². The summed E-state index contributed by atoms with van der Waals surface area (Å²) >= 11 is 7.34. The molecule has 23 heavy (non-hydrogen) atoms. The summed E-state index contributed by atoms with van der Waals surface area (Å²) in [6, 6.07) is 12.2. The smallest absolute Gasteiger partial charge is 0.285 e. The molecule has 4 nitrogen and oxygen atoms in total. The van der Waals surface area contributed by atoms with Gasteiger partial charge in [0.1, 0.15) is 0 Å². The molecule has 0 fully saturated rings. The molecule has 0 aliphatic rings. The second-order valence-corrected chi connectivity index (χ2v) is 8.17. The minimum Gasteiger partial charge on any atom is -0.316 e. The number of aromatic nitrogens is 1. The van der Waals surface area contributed by atoms with E-state index in [0.717, 1.165) is 15.8 Å². The molecule has 3 aromatic rings. The molecule has 0 radical (unpaired) electrons. The summed E-state index contributed by atoms with van der Waals surface area (Å²) in [4.78, 5) is 0.645. The first-order valence-corrected chi connectivity index (χ1v) is 9.71. The lowest BCUT2D eigenvalue weighted by molar-refractivity contribution is 0.595. The molecule has 7 heteroatoms. The molecule has 0 unspecified atom stereocenters. The number of thiazole rings is 1. The van der Waals surface area contributed by atoms with Crippen LogP contribution in [0.1, 0.15) is 12.5 Å². The maximum absolute atomic E-state index is 12.5. The van der Waals surface area contributed by atoms with Crippen molar-refractivity contribution in [2.45, 2.75) is 25.3 Å². The molecule has 1 heterocycles. The fourth-order valence-corrected chi connectivity index (χ4v) is 4.86. The van der Waals surface area contributed by atoms with Gasteiger partial charge in [-0.1, -0.05) is 40.6 Å². The van der Waals surface area contributed by atoms with Crippen molar-refractivity contribution in [2.75, 3.05) is 0 Å². The Hall–Kier alpha value is -1.63. The Morgan fingerprint density at radius 2 is 1.87 bits per heavy atom. The van der Waals surface area contributed by atoms with Crippen molar-refractivity contribution < 1.29 is 8.42 Å². The summed E-state index contributed by atoms with van der Waals surface area (Å²) in [5, 5.41) is 0.620. The quantitative estimate of drug-likeness (QED) is 0.704. The molecule has 0 atom stereocenters. The van der Waals surface area contributed by atoms with Crippen LogP contribution in [0, 0.1) is 6.92 Å². The number of sulfonamides is 1. The summed E-state index contributed by atoms with van der Waals surface area (Å²) < 4.78 is 31.9. The van der Waals surface area contributed by atoms with Gasteiger partial charge in [0.05, 0.1) is 15.1 Å². The first-order chi connectivity index (χ1) is 10.9. The predicted octanol–water partition coefficient (Wildman–Crippen LogP) is 3.97. The molecule has 1 aromatic heterocycles. The molecule has 0 saturated carbocycles. The van der Waals surface area contributed by atoms with Crippen LogP contribution >= 0.6 is 22.9 Å². The van der Waals surface area contributed by atoms with E-state index in [9.17, 15) is 8.42 Å². The molecule has 0 aliphatic carbocycles. The Kier molecular flexibility index (Phi) is 4.31. The Bertz CT molecular complexity index is 1030. The molecule has 120 valence electrons. The van der Waals surface area contributed by atoms with Crippen LogP contribution in [0.2, 0.25) is 5.02 Å². The topological polar surface area (TPSA) is 51.4 Å². The second-order valence-electron chi connectivity index (χ2n) is 5.12. The molecular weight excluding hydrogens is 352 g/mol. The number of aryl methyl sites for hydroxylation is 2. The number of fused-ring (bicyclic) bond motifs is 1. The highest BCUT2D eigenvalue weighted by Gasteiger charge is 2.14. The number of nitrogens with zero attached hydrogens (tertiary/aromatic N) is 2. The van der Waals surface area contributed by atoms with Crippen LogP contribution in [0.15, 0.2) is 51.8 Å². The van der Waals surface area contributed by atoms with Crippen molar-refractivity contribution in [3.05, 3.63) is 57.9 Å². The average molecular weight is 367 g/mol. The fraction of sp³-hybridized carbons (Fsp3) is 0.188. The highest BCUT2D eigenvalue weighted by Crippen LogP contribution is 2.22. The third-order valence-electron chi connectivity index (χ3n) is 3.48. The van der Waals surface area contributed by atoms with E-state index in [4.69, 9.17) is 11.6 Å². The lowest BCUT2D eigenvalue weighted by atomic mass is 10.2. The molecule has 0 N–H and O–H groups in total. The second kappa shape index (κ2) is 6.11. The van der Waals surface area contributed by atoms with Gasteiger partial charge in [-0.05, 0) is 44.2 Å². The Morgan fingerprint density at radius 1 is 1.17 bits per heavy atom. The van der Waals surface area contributed by atoms with Crippen molar-refractivity contribution >= 4 is 43.2 Å². The van der Waals surface area contributed by atoms with Crippen molar-refractivity contribution in [1.82, 2.24) is 4.57 Å². The molecule has 3 rings (SSSR count). The first-order valence-electron chi connectivity index (χ1n) is 7.07. The Morgan fingerprint density at radius 3 is 2.52 bits per heavy atom. The van der Waals surface area contributed by atoms with Gasteiger partial charge in [0, 0.05) is 11.6 Å². The minimum absolute atomic E-state index is 0.196. The summed E-state index contributed by atoms with van der Waals surface area (Å²) in [6.45, 7) is 4.50. The molecule has 0 spiro atoms. The molecule has 0 aliphatic heterocycles. The average Bonchev–Trinajstić information content (AvgIpc) is 2.82. The molecular formula is C16H15ClN2O2S2. The van der Waals surface area contributed by atoms with Crippen molar-refractivity contribution in [2.24, 2.45) is 4.40 Å². The van der Waals surface area contributed by atoms with Crippen LogP contribution in [0.5, 0.6) is 0 Å². The standard InChI is InChI=1S/C16H15ClN2O2S2/c1-3-19-14-9-6-12(17)10-15(14)22-16(19)18-23(20,21)13-7-4-11(2)5-8-13/h4-10H,3H2,1-2H3. The van der Waals surface area contributed by atoms with Crippen LogP contribution in [0.3, 0.4) is 0 Å². The van der Waals surface area contributed by atoms with Crippen molar-refractivity contribution in [1.29, 1.82) is 0 Å². The van der Waals surface area contributed by atoms with Crippen LogP contribution in [0.25, 0.3) is 10.2 Å². The summed E-state index contributed by atoms with van der Waals surface area (Å²) in [5.74, 6) is 0. The van der Waals surface area contributed by atoms with Gasteiger partial charge in [0.15, 0.2) is 0 Å². The maximum Gasteiger partial charge on any atom is 0.285 e. The lowest BCUT2D eigenvalue weighted by Gasteiger charge is -2.01. The predicted molar refractivity (Wildman–Crippen MR) is 94.4 cm³/mol. The molecule has 0 bridgehead atoms. The van der Waals surface area contributed by atoms with E-state index in [-0.39, 0.29) is 4.90 Å². The number of hydrogen-bond acceptors (Lipinski definition) is 3. The summed E-state index contributed by atoms with van der Waals surface area (Å²) in [6.07, 6.45) is 0. The Labute approximate surface area is 143 Å². The zero-order valence-electron chi connectivity index (χ0n) is 12.7. The van der Waals surface area contributed by atoms with Gasteiger partial charge in [-0.3, -0.25) is 0 Å². The van der Waals surface area contributed by atoms with Gasteiger partial charge in [0.2, 0.25) is 4.80 Å². The van der Waals surface area contributed by atoms with Crippen LogP contribution in [-0.4, -0.2) is 13.0 Å². The van der Waals surface area contributed by atoms with Gasteiger partial charge in [-0.15, -0.1) is 4.40 Å². The monoisotopic (exact) mass is 366 g/mol. The van der Waals surface area contributed by atoms with Crippen LogP contribution in [-0.2, 0) is 16.6 Å². The summed E-state index contributed by atoms with van der Waals surface area (Å²) in [7, 11) is -3.74. The number of halogens is 1. The first kappa shape index (κ1) is 16.2. The number of benzene rings is 2. The maximum atomic E-state index is 12.5. The molecule has 2 aromatic carbocycles. The van der Waals surface area contributed by atoms with Crippen LogP contribution < -0.4 is 4.80 Å². The zero-order chi connectivity index (χ0) is 16.6. The zero-order valence-corrected chi connectivity index (χ0v) is 15.0. The van der Waals surface area contributed by atoms with Gasteiger partial charge in [0.25, 0.3) is 10.0 Å². The third kappa shape index (κ3) is 3.20. The number of hydrogen-bond donors (Lipinski definition) is 0. The molecule has 0 amide bonds. The van der Waals surface area contributed by atoms with Gasteiger partial charge in [-0.2, -0.15) is 8.42 Å². The van der Waals surface area contributed by atoms with Crippen molar-refractivity contribution in [3.8, 4) is 0 Å². The highest BCUT2D eigenvalue weighted by molar-refractivity contribution is 7.90. The number of rotatable bonds is 3. The largest absolute Gasteiger partial charge is 0.316 e. The van der Waals surface area contributed by atoms with E-state index in [1.165, 1.54) is 11.3 Å². The van der Waals surface area contributed by atoms with Gasteiger partial charge in [-0.25, -0.2) is 0 Å². The normalized spacial score (nSPS) is 12.9.